The zero-order valence-electron chi connectivity index (χ0n) is 10.7. The third-order valence-electron chi connectivity index (χ3n) is 3.13. The van der Waals surface area contributed by atoms with E-state index in [0.717, 1.165) is 6.92 Å². The Morgan fingerprint density at radius 1 is 1.48 bits per heavy atom. The van der Waals surface area contributed by atoms with Crippen LogP contribution in [0.1, 0.15) is 6.92 Å². The van der Waals surface area contributed by atoms with Crippen molar-refractivity contribution in [1.82, 2.24) is 4.90 Å². The van der Waals surface area contributed by atoms with E-state index in [1.165, 1.54) is 0 Å². The minimum Gasteiger partial charge on any atom is -0.477 e. The number of β-lactam (4-membered cyclic amide) rings is 1. The second-order valence-electron chi connectivity index (χ2n) is 4.38. The Kier molecular flexibility index (Phi) is 3.58. The van der Waals surface area contributed by atoms with Gasteiger partial charge in [-0.15, -0.1) is 11.6 Å². The van der Waals surface area contributed by atoms with Gasteiger partial charge in [0.1, 0.15) is 17.7 Å². The Morgan fingerprint density at radius 2 is 2.05 bits per heavy atom. The molecule has 0 aromatic rings. The highest BCUT2D eigenvalue weighted by Crippen LogP contribution is 2.43. The van der Waals surface area contributed by atoms with Crippen LogP contribution in [0.4, 0.5) is 0 Å². The Bertz CT molecular complexity index is 708. The molecule has 2 aliphatic rings. The van der Waals surface area contributed by atoms with Crippen molar-refractivity contribution in [1.29, 1.82) is 0 Å². The number of alkyl halides is 1. The summed E-state index contributed by atoms with van der Waals surface area (Å²) in [4.78, 5) is 33.9. The fourth-order valence-corrected chi connectivity index (χ4v) is 4.44. The molecule has 1 N–H and O–H groups in total. The topological polar surface area (TPSA) is 118 Å². The van der Waals surface area contributed by atoms with Crippen molar-refractivity contribution in [3.63, 3.8) is 0 Å². The van der Waals surface area contributed by atoms with Crippen molar-refractivity contribution in [3.05, 3.63) is 22.8 Å². The van der Waals surface area contributed by atoms with E-state index in [0.29, 0.717) is 4.90 Å². The molecule has 1 saturated heterocycles. The lowest BCUT2D eigenvalue weighted by Gasteiger charge is -2.47. The first-order valence-electron chi connectivity index (χ1n) is 5.60. The third-order valence-corrected chi connectivity index (χ3v) is 5.75. The molecule has 0 bridgehead atoms. The van der Waals surface area contributed by atoms with E-state index in [-0.39, 0.29) is 5.57 Å². The number of carbonyl (C=O) groups is 3. The van der Waals surface area contributed by atoms with Crippen LogP contribution in [0.5, 0.6) is 0 Å². The first kappa shape index (κ1) is 15.5. The molecule has 0 spiro atoms. The van der Waals surface area contributed by atoms with Gasteiger partial charge in [-0.05, 0) is 0 Å². The Morgan fingerprint density at radius 3 is 2.52 bits per heavy atom. The molecule has 0 radical (unpaired) electrons. The quantitative estimate of drug-likeness (QED) is 0.423. The number of fused-ring (bicyclic) bond motifs is 1. The molecule has 114 valence electrons. The minimum absolute atomic E-state index is 0.342. The molecule has 8 nitrogen and oxygen atoms in total. The zero-order valence-corrected chi connectivity index (χ0v) is 12.3. The van der Waals surface area contributed by atoms with Crippen LogP contribution in [-0.2, 0) is 29.0 Å². The molecule has 0 unspecified atom stereocenters. The second-order valence-corrected chi connectivity index (χ2v) is 6.92. The fourth-order valence-electron chi connectivity index (χ4n) is 2.11. The molecule has 0 aromatic carbocycles. The number of esters is 1. The van der Waals surface area contributed by atoms with E-state index >= 15 is 0 Å². The van der Waals surface area contributed by atoms with Crippen LogP contribution in [0.3, 0.4) is 0 Å². The lowest BCUT2D eigenvalue weighted by molar-refractivity contribution is -0.146. The highest BCUT2D eigenvalue weighted by atomic mass is 35.5. The third kappa shape index (κ3) is 2.12. The maximum atomic E-state index is 12.2. The van der Waals surface area contributed by atoms with Gasteiger partial charge in [0.15, 0.2) is 5.37 Å². The van der Waals surface area contributed by atoms with Gasteiger partial charge in [0.05, 0.1) is 4.91 Å². The van der Waals surface area contributed by atoms with Crippen LogP contribution >= 0.6 is 11.6 Å². The van der Waals surface area contributed by atoms with Crippen molar-refractivity contribution in [2.75, 3.05) is 6.61 Å². The molecule has 2 aliphatic heterocycles. The molecule has 1 amide bonds. The smallest absolute Gasteiger partial charge is 0.353 e. The van der Waals surface area contributed by atoms with Gasteiger partial charge in [-0.1, -0.05) is 6.58 Å². The number of carboxylic acids is 1. The normalized spacial score (nSPS) is 27.0. The SMILES string of the molecule is C=C1C(COC(C)=O)=C(C(=O)O)N2C(=O)[C@H](Cl)[C@H]2S1(=O)=O. The maximum Gasteiger partial charge on any atom is 0.353 e. The Balaban J connectivity index is 2.60. The van der Waals surface area contributed by atoms with Crippen molar-refractivity contribution in [2.45, 2.75) is 17.7 Å². The number of sulfone groups is 1. The van der Waals surface area contributed by atoms with Crippen LogP contribution in [0.2, 0.25) is 0 Å². The molecule has 2 atom stereocenters. The molecule has 0 saturated carbocycles. The molecule has 0 aromatic heterocycles. The predicted octanol–water partition coefficient (Wildman–Crippen LogP) is -0.394. The summed E-state index contributed by atoms with van der Waals surface area (Å²) in [5.74, 6) is -3.10. The number of hydrogen-bond acceptors (Lipinski definition) is 6. The summed E-state index contributed by atoms with van der Waals surface area (Å²) in [5.41, 5.74) is -0.922. The number of ether oxygens (including phenoxy) is 1. The number of nitrogens with zero attached hydrogens (tertiary/aromatic N) is 1. The molecule has 21 heavy (non-hydrogen) atoms. The molecule has 2 rings (SSSR count). The monoisotopic (exact) mass is 335 g/mol. The predicted molar refractivity (Wildman–Crippen MR) is 69.6 cm³/mol. The number of amides is 1. The van der Waals surface area contributed by atoms with Crippen LogP contribution in [0.15, 0.2) is 22.8 Å². The van der Waals surface area contributed by atoms with E-state index in [9.17, 15) is 27.9 Å². The fraction of sp³-hybridized carbons (Fsp3) is 0.364. The number of rotatable bonds is 3. The molecular weight excluding hydrogens is 326 g/mol. The highest BCUT2D eigenvalue weighted by Gasteiger charge is 2.60. The van der Waals surface area contributed by atoms with Gasteiger partial charge in [-0.25, -0.2) is 13.2 Å². The van der Waals surface area contributed by atoms with Crippen LogP contribution in [0, 0.1) is 0 Å². The second kappa shape index (κ2) is 4.85. The summed E-state index contributed by atoms with van der Waals surface area (Å²) in [6, 6.07) is 0. The average molecular weight is 336 g/mol. The van der Waals surface area contributed by atoms with Crippen LogP contribution in [-0.4, -0.2) is 53.6 Å². The van der Waals surface area contributed by atoms with E-state index in [2.05, 4.69) is 11.3 Å². The van der Waals surface area contributed by atoms with Crippen molar-refractivity contribution in [2.24, 2.45) is 0 Å². The summed E-state index contributed by atoms with van der Waals surface area (Å²) in [6.07, 6.45) is 0. The molecular formula is C11H10ClNO7S. The van der Waals surface area contributed by atoms with Gasteiger partial charge in [0.2, 0.25) is 15.7 Å². The first-order valence-corrected chi connectivity index (χ1v) is 7.59. The molecule has 1 fully saturated rings. The van der Waals surface area contributed by atoms with Gasteiger partial charge in [-0.2, -0.15) is 0 Å². The van der Waals surface area contributed by atoms with Gasteiger partial charge in [0.25, 0.3) is 0 Å². The van der Waals surface area contributed by atoms with Gasteiger partial charge < -0.3 is 9.84 Å². The number of carboxylic acid groups (broad SMARTS) is 1. The van der Waals surface area contributed by atoms with Crippen LogP contribution < -0.4 is 0 Å². The van der Waals surface area contributed by atoms with Crippen LogP contribution in [0.25, 0.3) is 0 Å². The Labute approximate surface area is 124 Å². The maximum absolute atomic E-state index is 12.2. The average Bonchev–Trinajstić information content (AvgIpc) is 2.38. The van der Waals surface area contributed by atoms with E-state index in [4.69, 9.17) is 11.6 Å². The van der Waals surface area contributed by atoms with Crippen molar-refractivity contribution < 1.29 is 32.6 Å². The summed E-state index contributed by atoms with van der Waals surface area (Å²) >= 11 is 5.66. The molecule has 0 aliphatic carbocycles. The van der Waals surface area contributed by atoms with Gasteiger partial charge >= 0.3 is 11.9 Å². The lowest BCUT2D eigenvalue weighted by atomic mass is 10.1. The number of halogens is 1. The highest BCUT2D eigenvalue weighted by molar-refractivity contribution is 7.96. The van der Waals surface area contributed by atoms with E-state index in [1.807, 2.05) is 0 Å². The summed E-state index contributed by atoms with van der Waals surface area (Å²) < 4.78 is 29.1. The summed E-state index contributed by atoms with van der Waals surface area (Å²) in [6.45, 7) is 3.80. The van der Waals surface area contributed by atoms with E-state index in [1.54, 1.807) is 0 Å². The van der Waals surface area contributed by atoms with Gasteiger partial charge in [-0.3, -0.25) is 14.5 Å². The minimum atomic E-state index is -4.08. The number of carbonyl (C=O) groups excluding carboxylic acids is 2. The van der Waals surface area contributed by atoms with Crippen molar-refractivity contribution in [3.8, 4) is 0 Å². The van der Waals surface area contributed by atoms with Gasteiger partial charge in [0, 0.05) is 12.5 Å². The van der Waals surface area contributed by atoms with Crippen molar-refractivity contribution >= 4 is 39.3 Å². The largest absolute Gasteiger partial charge is 0.477 e. The Hall–Kier alpha value is -1.87. The lowest BCUT2D eigenvalue weighted by Crippen LogP contribution is -2.67. The summed E-state index contributed by atoms with van der Waals surface area (Å²) in [7, 11) is -4.08. The number of hydrogen-bond donors (Lipinski definition) is 1. The van der Waals surface area contributed by atoms with E-state index < -0.39 is 55.6 Å². The first-order chi connectivity index (χ1) is 9.60. The molecule has 10 heteroatoms. The molecule has 2 heterocycles. The zero-order chi connectivity index (χ0) is 16.1. The summed E-state index contributed by atoms with van der Waals surface area (Å²) in [5, 5.41) is 6.36. The standard InChI is InChI=1S/C11H10ClNO7S/c1-4-6(3-20-5(2)14)8(11(16)17)13-9(15)7(12)10(13)21(4,18)19/h7,10H,1,3H2,2H3,(H,16,17)/t7-,10+/m0/s1. The number of aliphatic carboxylic acids is 1.